The van der Waals surface area contributed by atoms with E-state index in [-0.39, 0.29) is 0 Å². The van der Waals surface area contributed by atoms with Crippen molar-refractivity contribution in [2.24, 2.45) is 0 Å². The molecule has 1 aliphatic rings. The smallest absolute Gasteiger partial charge is 0.0346 e. The predicted octanol–water partition coefficient (Wildman–Crippen LogP) is 3.34. The van der Waals surface area contributed by atoms with E-state index in [0.717, 1.165) is 26.1 Å². The second-order valence-corrected chi connectivity index (χ2v) is 5.33. The first-order valence-corrected chi connectivity index (χ1v) is 7.60. The quantitative estimate of drug-likeness (QED) is 0.755. The van der Waals surface area contributed by atoms with Gasteiger partial charge in [0, 0.05) is 32.0 Å². The predicted molar refractivity (Wildman–Crippen MR) is 82.1 cm³/mol. The lowest BCUT2D eigenvalue weighted by Crippen LogP contribution is -2.32. The molecule has 2 rings (SSSR count). The zero-order valence-corrected chi connectivity index (χ0v) is 12.1. The third-order valence-corrected chi connectivity index (χ3v) is 3.73. The molecule has 0 spiro atoms. The Bertz CT molecular complexity index is 381. The lowest BCUT2D eigenvalue weighted by molar-refractivity contribution is 0.364. The van der Waals surface area contributed by atoms with Crippen molar-refractivity contribution < 1.29 is 0 Å². The minimum absolute atomic E-state index is 1.06. The Morgan fingerprint density at radius 3 is 2.42 bits per heavy atom. The third kappa shape index (κ3) is 4.98. The summed E-state index contributed by atoms with van der Waals surface area (Å²) in [5.41, 5.74) is 2.94. The summed E-state index contributed by atoms with van der Waals surface area (Å²) in [6, 6.07) is 9.21. The van der Waals surface area contributed by atoms with Gasteiger partial charge in [0.2, 0.25) is 0 Å². The van der Waals surface area contributed by atoms with E-state index in [4.69, 9.17) is 0 Å². The van der Waals surface area contributed by atoms with Gasteiger partial charge in [0.1, 0.15) is 0 Å². The monoisotopic (exact) mass is 258 g/mol. The lowest BCUT2D eigenvalue weighted by atomic mass is 10.0. The molecule has 1 heterocycles. The molecule has 0 saturated heterocycles. The maximum Gasteiger partial charge on any atom is 0.0346 e. The zero-order valence-electron chi connectivity index (χ0n) is 12.1. The molecule has 1 aromatic carbocycles. The van der Waals surface area contributed by atoms with Crippen molar-refractivity contribution in [2.75, 3.05) is 19.6 Å². The summed E-state index contributed by atoms with van der Waals surface area (Å²) in [7, 11) is 0. The van der Waals surface area contributed by atoms with Crippen molar-refractivity contribution in [3.8, 4) is 0 Å². The molecule has 0 saturated carbocycles. The Morgan fingerprint density at radius 2 is 1.79 bits per heavy atom. The molecule has 0 atom stereocenters. The molecule has 2 heteroatoms. The van der Waals surface area contributed by atoms with Crippen molar-refractivity contribution in [3.05, 3.63) is 47.8 Å². The van der Waals surface area contributed by atoms with Gasteiger partial charge in [-0.1, -0.05) is 44.0 Å². The van der Waals surface area contributed by atoms with Gasteiger partial charge in [0.15, 0.2) is 0 Å². The van der Waals surface area contributed by atoms with Crippen LogP contribution in [0.4, 0.5) is 0 Å². The fraction of sp³-hybridized carbons (Fsp3) is 0.529. The number of benzene rings is 1. The number of nitrogens with one attached hydrogen (secondary N) is 1. The molecule has 0 unspecified atom stereocenters. The van der Waals surface area contributed by atoms with E-state index in [1.165, 1.54) is 36.8 Å². The van der Waals surface area contributed by atoms with E-state index in [9.17, 15) is 0 Å². The van der Waals surface area contributed by atoms with Crippen LogP contribution in [0.3, 0.4) is 0 Å². The number of rotatable bonds is 7. The molecular formula is C17H26N2. The minimum Gasteiger partial charge on any atom is -0.388 e. The molecule has 1 aromatic rings. The van der Waals surface area contributed by atoms with Crippen LogP contribution in [0.5, 0.6) is 0 Å². The molecule has 1 aliphatic heterocycles. The summed E-state index contributed by atoms with van der Waals surface area (Å²) in [6.07, 6.45) is 10.5. The summed E-state index contributed by atoms with van der Waals surface area (Å²) in [4.78, 5) is 2.38. The van der Waals surface area contributed by atoms with Crippen LogP contribution < -0.4 is 5.32 Å². The van der Waals surface area contributed by atoms with E-state index in [2.05, 4.69) is 47.6 Å². The van der Waals surface area contributed by atoms with Crippen LogP contribution in [0.2, 0.25) is 0 Å². The Labute approximate surface area is 117 Å². The largest absolute Gasteiger partial charge is 0.388 e. The zero-order chi connectivity index (χ0) is 13.3. The summed E-state index contributed by atoms with van der Waals surface area (Å²) in [5.74, 6) is 0. The topological polar surface area (TPSA) is 15.3 Å². The van der Waals surface area contributed by atoms with Crippen LogP contribution in [0, 0.1) is 0 Å². The average molecular weight is 258 g/mol. The summed E-state index contributed by atoms with van der Waals surface area (Å²) in [5, 5.41) is 3.22. The fourth-order valence-electron chi connectivity index (χ4n) is 2.43. The van der Waals surface area contributed by atoms with E-state index in [1.807, 2.05) is 6.20 Å². The molecule has 0 fully saturated rings. The van der Waals surface area contributed by atoms with Crippen LogP contribution in [-0.2, 0) is 12.8 Å². The molecule has 2 nitrogen and oxygen atoms in total. The van der Waals surface area contributed by atoms with E-state index in [0.29, 0.717) is 0 Å². The van der Waals surface area contributed by atoms with E-state index in [1.54, 1.807) is 0 Å². The standard InChI is InChI=1S/C17H26N2/c1-2-3-4-5-16-6-8-17(9-7-16)10-13-19-14-11-18-12-15-19/h6-9,11,14,18H,2-5,10,12-13,15H2,1H3. The molecule has 0 aliphatic carbocycles. The van der Waals surface area contributed by atoms with Crippen molar-refractivity contribution in [1.82, 2.24) is 10.2 Å². The van der Waals surface area contributed by atoms with Gasteiger partial charge >= 0.3 is 0 Å². The third-order valence-electron chi connectivity index (χ3n) is 3.73. The van der Waals surface area contributed by atoms with Gasteiger partial charge in [-0.3, -0.25) is 0 Å². The highest BCUT2D eigenvalue weighted by Crippen LogP contribution is 2.10. The van der Waals surface area contributed by atoms with Crippen LogP contribution in [0.1, 0.15) is 37.3 Å². The van der Waals surface area contributed by atoms with Crippen molar-refractivity contribution >= 4 is 0 Å². The molecule has 19 heavy (non-hydrogen) atoms. The highest BCUT2D eigenvalue weighted by Gasteiger charge is 2.03. The fourth-order valence-corrected chi connectivity index (χ4v) is 2.43. The number of aryl methyl sites for hydroxylation is 1. The highest BCUT2D eigenvalue weighted by molar-refractivity contribution is 5.23. The van der Waals surface area contributed by atoms with Gasteiger partial charge in [-0.05, 0) is 30.4 Å². The molecule has 0 aromatic heterocycles. The molecule has 0 radical (unpaired) electrons. The average Bonchev–Trinajstić information content (AvgIpc) is 2.48. The first-order chi connectivity index (χ1) is 9.38. The van der Waals surface area contributed by atoms with Crippen LogP contribution >= 0.6 is 0 Å². The first kappa shape index (κ1) is 14.0. The summed E-state index contributed by atoms with van der Waals surface area (Å²) >= 11 is 0. The van der Waals surface area contributed by atoms with Crippen LogP contribution in [0.15, 0.2) is 36.7 Å². The molecular weight excluding hydrogens is 232 g/mol. The highest BCUT2D eigenvalue weighted by atomic mass is 15.1. The maximum absolute atomic E-state index is 3.22. The molecule has 104 valence electrons. The maximum atomic E-state index is 3.22. The van der Waals surface area contributed by atoms with Crippen LogP contribution in [0.25, 0.3) is 0 Å². The number of hydrogen-bond acceptors (Lipinski definition) is 2. The molecule has 0 bridgehead atoms. The molecule has 1 N–H and O–H groups in total. The van der Waals surface area contributed by atoms with Crippen molar-refractivity contribution in [1.29, 1.82) is 0 Å². The van der Waals surface area contributed by atoms with Crippen molar-refractivity contribution in [3.63, 3.8) is 0 Å². The minimum atomic E-state index is 1.06. The van der Waals surface area contributed by atoms with E-state index >= 15 is 0 Å². The van der Waals surface area contributed by atoms with Gasteiger partial charge in [-0.2, -0.15) is 0 Å². The van der Waals surface area contributed by atoms with Gasteiger partial charge in [0.25, 0.3) is 0 Å². The number of nitrogens with zero attached hydrogens (tertiary/aromatic N) is 1. The van der Waals surface area contributed by atoms with Gasteiger partial charge < -0.3 is 10.2 Å². The molecule has 0 amide bonds. The second-order valence-electron chi connectivity index (χ2n) is 5.33. The first-order valence-electron chi connectivity index (χ1n) is 7.60. The Morgan fingerprint density at radius 1 is 1.05 bits per heavy atom. The normalized spacial score (nSPS) is 14.5. The lowest BCUT2D eigenvalue weighted by Gasteiger charge is -2.23. The van der Waals surface area contributed by atoms with Gasteiger partial charge in [-0.25, -0.2) is 0 Å². The Kier molecular flexibility index (Phi) is 5.80. The van der Waals surface area contributed by atoms with Gasteiger partial charge in [-0.15, -0.1) is 0 Å². The van der Waals surface area contributed by atoms with Gasteiger partial charge in [0.05, 0.1) is 0 Å². The van der Waals surface area contributed by atoms with Crippen LogP contribution in [-0.4, -0.2) is 24.5 Å². The number of unbranched alkanes of at least 4 members (excludes halogenated alkanes) is 2. The number of hydrogen-bond donors (Lipinski definition) is 1. The Balaban J connectivity index is 1.74. The SMILES string of the molecule is CCCCCc1ccc(CCN2C=CNCC2)cc1. The summed E-state index contributed by atoms with van der Waals surface area (Å²) < 4.78 is 0. The second kappa shape index (κ2) is 7.88. The Hall–Kier alpha value is -1.44. The van der Waals surface area contributed by atoms with E-state index < -0.39 is 0 Å². The summed E-state index contributed by atoms with van der Waals surface area (Å²) in [6.45, 7) is 5.56. The van der Waals surface area contributed by atoms with Crippen molar-refractivity contribution in [2.45, 2.75) is 39.0 Å².